The van der Waals surface area contributed by atoms with Crippen molar-refractivity contribution in [3.63, 3.8) is 0 Å². The fraction of sp³-hybridized carbons (Fsp3) is 0.300. The van der Waals surface area contributed by atoms with E-state index >= 15 is 0 Å². The number of fused-ring (bicyclic) bond motifs is 1. The average Bonchev–Trinajstić information content (AvgIpc) is 2.60. The minimum atomic E-state index is -0.356. The number of anilines is 1. The van der Waals surface area contributed by atoms with Gasteiger partial charge in [0.15, 0.2) is 0 Å². The van der Waals surface area contributed by atoms with Gasteiger partial charge in [0.05, 0.1) is 12.7 Å². The monoisotopic (exact) mass is 338 g/mol. The normalized spacial score (nSPS) is 19.3. The number of nitrogens with two attached hydrogens (primary N) is 1. The van der Waals surface area contributed by atoms with E-state index in [1.54, 1.807) is 19.1 Å². The van der Waals surface area contributed by atoms with Crippen LogP contribution in [0.15, 0.2) is 42.5 Å². The summed E-state index contributed by atoms with van der Waals surface area (Å²) >= 11 is 0. The lowest BCUT2D eigenvalue weighted by molar-refractivity contribution is -0.117. The van der Waals surface area contributed by atoms with Gasteiger partial charge in [-0.2, -0.15) is 0 Å². The molecule has 1 aliphatic heterocycles. The summed E-state index contributed by atoms with van der Waals surface area (Å²) in [5.74, 6) is -0.332. The Hall–Kier alpha value is -2.66. The van der Waals surface area contributed by atoms with E-state index in [0.29, 0.717) is 5.56 Å². The zero-order valence-corrected chi connectivity index (χ0v) is 14.7. The van der Waals surface area contributed by atoms with Gasteiger partial charge in [-0.15, -0.1) is 0 Å². The summed E-state index contributed by atoms with van der Waals surface area (Å²) in [5, 5.41) is 0. The van der Waals surface area contributed by atoms with Gasteiger partial charge in [-0.25, -0.2) is 4.79 Å². The maximum absolute atomic E-state index is 12.0. The van der Waals surface area contributed by atoms with E-state index in [4.69, 9.17) is 10.5 Å². The average molecular weight is 338 g/mol. The van der Waals surface area contributed by atoms with Crippen LogP contribution in [0.25, 0.3) is 11.1 Å². The number of carbonyl (C=O) groups is 2. The molecule has 2 aromatic rings. The van der Waals surface area contributed by atoms with Crippen molar-refractivity contribution in [1.29, 1.82) is 0 Å². The maximum atomic E-state index is 12.0. The van der Waals surface area contributed by atoms with E-state index in [-0.39, 0.29) is 24.0 Å². The van der Waals surface area contributed by atoms with Crippen molar-refractivity contribution in [2.45, 2.75) is 32.4 Å². The van der Waals surface area contributed by atoms with E-state index in [2.05, 4.69) is 0 Å². The molecule has 0 aromatic heterocycles. The number of ether oxygens (including phenoxy) is 1. The topological polar surface area (TPSA) is 72.6 Å². The summed E-state index contributed by atoms with van der Waals surface area (Å²) in [6, 6.07) is 13.2. The highest BCUT2D eigenvalue weighted by molar-refractivity contribution is 5.94. The second-order valence-corrected chi connectivity index (χ2v) is 6.42. The second-order valence-electron chi connectivity index (χ2n) is 6.42. The van der Waals surface area contributed by atoms with Crippen LogP contribution in [0.1, 0.15) is 42.2 Å². The molecule has 2 N–H and O–H groups in total. The highest BCUT2D eigenvalue weighted by Gasteiger charge is 2.30. The molecule has 0 saturated heterocycles. The van der Waals surface area contributed by atoms with Crippen LogP contribution in [0.4, 0.5) is 5.69 Å². The third-order valence-corrected chi connectivity index (χ3v) is 4.70. The van der Waals surface area contributed by atoms with Crippen LogP contribution in [0.2, 0.25) is 0 Å². The number of rotatable bonds is 2. The number of hydrogen-bond donors (Lipinski definition) is 1. The SMILES string of the molecule is COC(=O)c1ccc(-c2ccc3c(c2)[C@H](N)C[C@H](C)N3C(C)=O)cc1. The fourth-order valence-corrected chi connectivity index (χ4v) is 3.48. The van der Waals surface area contributed by atoms with Crippen molar-refractivity contribution in [3.05, 3.63) is 53.6 Å². The Kier molecular flexibility index (Phi) is 4.59. The van der Waals surface area contributed by atoms with Crippen LogP contribution in [0.3, 0.4) is 0 Å². The third-order valence-electron chi connectivity index (χ3n) is 4.70. The summed E-state index contributed by atoms with van der Waals surface area (Å²) in [7, 11) is 1.36. The molecule has 1 aliphatic rings. The van der Waals surface area contributed by atoms with Gasteiger partial charge in [-0.1, -0.05) is 18.2 Å². The van der Waals surface area contributed by atoms with Crippen molar-refractivity contribution < 1.29 is 14.3 Å². The number of hydrogen-bond acceptors (Lipinski definition) is 4. The predicted molar refractivity (Wildman–Crippen MR) is 97.4 cm³/mol. The number of carbonyl (C=O) groups excluding carboxylic acids is 2. The molecule has 2 aromatic carbocycles. The number of nitrogens with zero attached hydrogens (tertiary/aromatic N) is 1. The van der Waals surface area contributed by atoms with Crippen LogP contribution in [0, 0.1) is 0 Å². The molecule has 0 radical (unpaired) electrons. The largest absolute Gasteiger partial charge is 0.465 e. The smallest absolute Gasteiger partial charge is 0.337 e. The molecule has 5 nitrogen and oxygen atoms in total. The predicted octanol–water partition coefficient (Wildman–Crippen LogP) is 3.29. The highest BCUT2D eigenvalue weighted by atomic mass is 16.5. The molecule has 0 fully saturated rings. The maximum Gasteiger partial charge on any atom is 0.337 e. The molecule has 5 heteroatoms. The van der Waals surface area contributed by atoms with Crippen LogP contribution >= 0.6 is 0 Å². The molecular weight excluding hydrogens is 316 g/mol. The Labute approximate surface area is 147 Å². The van der Waals surface area contributed by atoms with Crippen LogP contribution in [-0.4, -0.2) is 25.0 Å². The first-order chi connectivity index (χ1) is 11.9. The molecule has 0 spiro atoms. The highest BCUT2D eigenvalue weighted by Crippen LogP contribution is 2.38. The standard InChI is InChI=1S/C20H22N2O3/c1-12-10-18(21)17-11-16(8-9-19(17)22(12)13(2)23)14-4-6-15(7-5-14)20(24)25-3/h4-9,11-12,18H,10,21H2,1-3H3/t12-,18+/m0/s1. The van der Waals surface area contributed by atoms with E-state index in [1.807, 2.05) is 42.2 Å². The van der Waals surface area contributed by atoms with E-state index in [1.165, 1.54) is 7.11 Å². The lowest BCUT2D eigenvalue weighted by Crippen LogP contribution is -2.43. The molecule has 0 unspecified atom stereocenters. The first kappa shape index (κ1) is 17.2. The van der Waals surface area contributed by atoms with Crippen molar-refractivity contribution in [2.75, 3.05) is 12.0 Å². The van der Waals surface area contributed by atoms with Gasteiger partial charge in [0, 0.05) is 24.7 Å². The molecular formula is C20H22N2O3. The fourth-order valence-electron chi connectivity index (χ4n) is 3.48. The molecule has 1 heterocycles. The van der Waals surface area contributed by atoms with Crippen molar-refractivity contribution in [2.24, 2.45) is 5.73 Å². The molecule has 1 amide bonds. The number of benzene rings is 2. The Bertz CT molecular complexity index is 814. The number of methoxy groups -OCH3 is 1. The molecule has 2 atom stereocenters. The van der Waals surface area contributed by atoms with Crippen LogP contribution < -0.4 is 10.6 Å². The molecule has 0 aliphatic carbocycles. The minimum absolute atomic E-state index is 0.0239. The summed E-state index contributed by atoms with van der Waals surface area (Å²) < 4.78 is 4.72. The van der Waals surface area contributed by atoms with Crippen molar-refractivity contribution in [1.82, 2.24) is 0 Å². The summed E-state index contributed by atoms with van der Waals surface area (Å²) in [5.41, 5.74) is 10.7. The Morgan fingerprint density at radius 1 is 1.12 bits per heavy atom. The first-order valence-electron chi connectivity index (χ1n) is 8.30. The summed E-state index contributed by atoms with van der Waals surface area (Å²) in [6.07, 6.45) is 0.733. The lowest BCUT2D eigenvalue weighted by atomic mass is 9.89. The molecule has 3 rings (SSSR count). The zero-order valence-electron chi connectivity index (χ0n) is 14.7. The van der Waals surface area contributed by atoms with E-state index < -0.39 is 0 Å². The Balaban J connectivity index is 1.99. The minimum Gasteiger partial charge on any atom is -0.465 e. The third kappa shape index (κ3) is 3.15. The van der Waals surface area contributed by atoms with Gasteiger partial charge in [0.25, 0.3) is 0 Å². The van der Waals surface area contributed by atoms with Crippen molar-refractivity contribution >= 4 is 17.6 Å². The second kappa shape index (κ2) is 6.69. The van der Waals surface area contributed by atoms with Gasteiger partial charge >= 0.3 is 5.97 Å². The Morgan fingerprint density at radius 3 is 2.36 bits per heavy atom. The lowest BCUT2D eigenvalue weighted by Gasteiger charge is -2.37. The van der Waals surface area contributed by atoms with Crippen LogP contribution in [0.5, 0.6) is 0 Å². The summed E-state index contributed by atoms with van der Waals surface area (Å²) in [4.78, 5) is 25.4. The molecule has 0 bridgehead atoms. The van der Waals surface area contributed by atoms with Crippen molar-refractivity contribution in [3.8, 4) is 11.1 Å². The van der Waals surface area contributed by atoms with Gasteiger partial charge < -0.3 is 15.4 Å². The number of esters is 1. The van der Waals surface area contributed by atoms with E-state index in [9.17, 15) is 9.59 Å². The van der Waals surface area contributed by atoms with Gasteiger partial charge in [0.1, 0.15) is 0 Å². The number of amides is 1. The molecule has 25 heavy (non-hydrogen) atoms. The quantitative estimate of drug-likeness (QED) is 0.853. The molecule has 0 saturated carbocycles. The van der Waals surface area contributed by atoms with Crippen LogP contribution in [-0.2, 0) is 9.53 Å². The Morgan fingerprint density at radius 2 is 1.76 bits per heavy atom. The van der Waals surface area contributed by atoms with Gasteiger partial charge in [-0.05, 0) is 54.3 Å². The first-order valence-corrected chi connectivity index (χ1v) is 8.30. The van der Waals surface area contributed by atoms with Gasteiger partial charge in [0.2, 0.25) is 5.91 Å². The van der Waals surface area contributed by atoms with E-state index in [0.717, 1.165) is 28.8 Å². The van der Waals surface area contributed by atoms with Gasteiger partial charge in [-0.3, -0.25) is 4.79 Å². The summed E-state index contributed by atoms with van der Waals surface area (Å²) in [6.45, 7) is 3.60. The zero-order chi connectivity index (χ0) is 18.1. The molecule has 130 valence electrons.